The highest BCUT2D eigenvalue weighted by Gasteiger charge is 2.18. The first kappa shape index (κ1) is 15.9. The van der Waals surface area contributed by atoms with E-state index >= 15 is 0 Å². The van der Waals surface area contributed by atoms with E-state index in [2.05, 4.69) is 33.4 Å². The van der Waals surface area contributed by atoms with E-state index in [-0.39, 0.29) is 0 Å². The van der Waals surface area contributed by atoms with Crippen LogP contribution in [0.5, 0.6) is 5.75 Å². The Morgan fingerprint density at radius 2 is 2.21 bits per heavy atom. The van der Waals surface area contributed by atoms with Crippen LogP contribution in [0.4, 0.5) is 11.6 Å². The standard InChI is InChI=1S/C13H24N4OS/c1-6-14-12-11(18-4)13(16-9-15-12)17(3)10(2)7-8-19-5/h9-10H,6-8H2,1-5H3,(H,14,15,16). The van der Waals surface area contributed by atoms with E-state index in [1.165, 1.54) is 0 Å². The van der Waals surface area contributed by atoms with Crippen LogP contribution in [-0.4, -0.2) is 48.7 Å². The van der Waals surface area contributed by atoms with E-state index in [9.17, 15) is 0 Å². The highest BCUT2D eigenvalue weighted by atomic mass is 32.2. The normalized spacial score (nSPS) is 12.1. The molecular formula is C13H24N4OS. The van der Waals surface area contributed by atoms with Crippen molar-refractivity contribution < 1.29 is 4.74 Å². The van der Waals surface area contributed by atoms with E-state index in [4.69, 9.17) is 4.74 Å². The van der Waals surface area contributed by atoms with Crippen molar-refractivity contribution in [2.24, 2.45) is 0 Å². The summed E-state index contributed by atoms with van der Waals surface area (Å²) in [6.45, 7) is 5.04. The van der Waals surface area contributed by atoms with Gasteiger partial charge in [0.05, 0.1) is 7.11 Å². The number of aromatic nitrogens is 2. The number of anilines is 2. The number of rotatable bonds is 8. The summed E-state index contributed by atoms with van der Waals surface area (Å²) in [4.78, 5) is 10.7. The fourth-order valence-electron chi connectivity index (χ4n) is 1.79. The molecule has 0 saturated heterocycles. The van der Waals surface area contributed by atoms with E-state index in [0.717, 1.165) is 30.4 Å². The minimum Gasteiger partial charge on any atom is -0.490 e. The lowest BCUT2D eigenvalue weighted by Gasteiger charge is -2.27. The number of hydrogen-bond donors (Lipinski definition) is 1. The second kappa shape index (κ2) is 8.09. The maximum Gasteiger partial charge on any atom is 0.204 e. The van der Waals surface area contributed by atoms with Gasteiger partial charge >= 0.3 is 0 Å². The first-order chi connectivity index (χ1) is 9.15. The second-order valence-corrected chi connectivity index (χ2v) is 5.34. The summed E-state index contributed by atoms with van der Waals surface area (Å²) in [6, 6.07) is 0.408. The van der Waals surface area contributed by atoms with Crippen molar-refractivity contribution >= 4 is 23.4 Å². The third-order valence-corrected chi connectivity index (χ3v) is 3.71. The largest absolute Gasteiger partial charge is 0.490 e. The van der Waals surface area contributed by atoms with Crippen molar-refractivity contribution in [1.29, 1.82) is 0 Å². The van der Waals surface area contributed by atoms with Gasteiger partial charge in [0.25, 0.3) is 0 Å². The van der Waals surface area contributed by atoms with Gasteiger partial charge in [-0.15, -0.1) is 0 Å². The van der Waals surface area contributed by atoms with Gasteiger partial charge in [0.15, 0.2) is 11.6 Å². The maximum absolute atomic E-state index is 5.47. The fraction of sp³-hybridized carbons (Fsp3) is 0.692. The van der Waals surface area contributed by atoms with E-state index in [1.54, 1.807) is 13.4 Å². The molecule has 0 spiro atoms. The van der Waals surface area contributed by atoms with Crippen LogP contribution in [0.3, 0.4) is 0 Å². The number of hydrogen-bond acceptors (Lipinski definition) is 6. The molecule has 0 radical (unpaired) electrons. The molecule has 1 unspecified atom stereocenters. The van der Waals surface area contributed by atoms with Crippen LogP contribution in [0.25, 0.3) is 0 Å². The van der Waals surface area contributed by atoms with Crippen molar-refractivity contribution in [3.05, 3.63) is 6.33 Å². The average molecular weight is 284 g/mol. The summed E-state index contributed by atoms with van der Waals surface area (Å²) < 4.78 is 5.47. The predicted molar refractivity (Wildman–Crippen MR) is 83.6 cm³/mol. The number of nitrogens with zero attached hydrogens (tertiary/aromatic N) is 3. The SMILES string of the molecule is CCNc1ncnc(N(C)C(C)CCSC)c1OC. The molecule has 0 saturated carbocycles. The molecule has 1 N–H and O–H groups in total. The summed E-state index contributed by atoms with van der Waals surface area (Å²) >= 11 is 1.86. The van der Waals surface area contributed by atoms with Gasteiger partial charge in [0.1, 0.15) is 6.33 Å². The van der Waals surface area contributed by atoms with Crippen LogP contribution >= 0.6 is 11.8 Å². The number of thioether (sulfide) groups is 1. The number of ether oxygens (including phenoxy) is 1. The van der Waals surface area contributed by atoms with Crippen molar-refractivity contribution in [3.63, 3.8) is 0 Å². The number of methoxy groups -OCH3 is 1. The lowest BCUT2D eigenvalue weighted by atomic mass is 10.2. The van der Waals surface area contributed by atoms with Crippen LogP contribution < -0.4 is 15.0 Å². The molecule has 108 valence electrons. The van der Waals surface area contributed by atoms with Gasteiger partial charge in [-0.2, -0.15) is 11.8 Å². The molecule has 0 aliphatic heterocycles. The van der Waals surface area contributed by atoms with Crippen molar-refractivity contribution in [2.45, 2.75) is 26.3 Å². The topological polar surface area (TPSA) is 50.3 Å². The minimum atomic E-state index is 0.408. The molecule has 19 heavy (non-hydrogen) atoms. The summed E-state index contributed by atoms with van der Waals surface area (Å²) in [5.41, 5.74) is 0. The zero-order valence-electron chi connectivity index (χ0n) is 12.4. The van der Waals surface area contributed by atoms with Gasteiger partial charge in [-0.3, -0.25) is 0 Å². The average Bonchev–Trinajstić information content (AvgIpc) is 2.44. The van der Waals surface area contributed by atoms with Crippen LogP contribution in [0, 0.1) is 0 Å². The van der Waals surface area contributed by atoms with E-state index in [0.29, 0.717) is 11.8 Å². The lowest BCUT2D eigenvalue weighted by molar-refractivity contribution is 0.411. The number of nitrogens with one attached hydrogen (secondary N) is 1. The molecule has 0 bridgehead atoms. The molecule has 1 rings (SSSR count). The van der Waals surface area contributed by atoms with Gasteiger partial charge < -0.3 is 15.0 Å². The zero-order valence-corrected chi connectivity index (χ0v) is 13.3. The molecule has 6 heteroatoms. The molecule has 0 aromatic carbocycles. The monoisotopic (exact) mass is 284 g/mol. The Morgan fingerprint density at radius 3 is 2.79 bits per heavy atom. The Hall–Kier alpha value is -1.17. The van der Waals surface area contributed by atoms with E-state index in [1.807, 2.05) is 25.7 Å². The van der Waals surface area contributed by atoms with Gasteiger partial charge in [0.2, 0.25) is 5.75 Å². The first-order valence-corrected chi connectivity index (χ1v) is 7.89. The van der Waals surface area contributed by atoms with Crippen LogP contribution in [0.1, 0.15) is 20.3 Å². The molecule has 0 fully saturated rings. The molecule has 0 aliphatic rings. The molecular weight excluding hydrogens is 260 g/mol. The van der Waals surface area contributed by atoms with Crippen LogP contribution in [-0.2, 0) is 0 Å². The third kappa shape index (κ3) is 4.16. The Balaban J connectivity index is 2.94. The van der Waals surface area contributed by atoms with Crippen LogP contribution in [0.2, 0.25) is 0 Å². The molecule has 1 heterocycles. The Morgan fingerprint density at radius 1 is 1.47 bits per heavy atom. The summed E-state index contributed by atoms with van der Waals surface area (Å²) in [6.07, 6.45) is 4.82. The Bertz CT molecular complexity index is 389. The molecule has 5 nitrogen and oxygen atoms in total. The van der Waals surface area contributed by atoms with Crippen molar-refractivity contribution in [2.75, 3.05) is 42.9 Å². The fourth-order valence-corrected chi connectivity index (χ4v) is 2.36. The Kier molecular flexibility index (Phi) is 6.77. The van der Waals surface area contributed by atoms with Gasteiger partial charge in [-0.05, 0) is 32.3 Å². The Labute approximate surface area is 120 Å². The maximum atomic E-state index is 5.47. The van der Waals surface area contributed by atoms with Gasteiger partial charge in [0, 0.05) is 19.6 Å². The summed E-state index contributed by atoms with van der Waals surface area (Å²) in [7, 11) is 3.70. The lowest BCUT2D eigenvalue weighted by Crippen LogP contribution is -2.30. The summed E-state index contributed by atoms with van der Waals surface area (Å²) in [5, 5.41) is 3.20. The van der Waals surface area contributed by atoms with Crippen LogP contribution in [0.15, 0.2) is 6.33 Å². The quantitative estimate of drug-likeness (QED) is 0.791. The molecule has 0 aliphatic carbocycles. The first-order valence-electron chi connectivity index (χ1n) is 6.50. The summed E-state index contributed by atoms with van der Waals surface area (Å²) in [5.74, 6) is 3.43. The molecule has 1 atom stereocenters. The molecule has 1 aromatic heterocycles. The van der Waals surface area contributed by atoms with Gasteiger partial charge in [-0.25, -0.2) is 9.97 Å². The molecule has 0 amide bonds. The zero-order chi connectivity index (χ0) is 14.3. The highest BCUT2D eigenvalue weighted by Crippen LogP contribution is 2.32. The minimum absolute atomic E-state index is 0.408. The van der Waals surface area contributed by atoms with Crippen molar-refractivity contribution in [1.82, 2.24) is 9.97 Å². The predicted octanol–water partition coefficient (Wildman–Crippen LogP) is 2.49. The third-order valence-electron chi connectivity index (χ3n) is 3.07. The smallest absolute Gasteiger partial charge is 0.204 e. The molecule has 1 aromatic rings. The van der Waals surface area contributed by atoms with E-state index < -0.39 is 0 Å². The van der Waals surface area contributed by atoms with Gasteiger partial charge in [-0.1, -0.05) is 0 Å². The highest BCUT2D eigenvalue weighted by molar-refractivity contribution is 7.98. The second-order valence-electron chi connectivity index (χ2n) is 4.35. The van der Waals surface area contributed by atoms with Crippen molar-refractivity contribution in [3.8, 4) is 5.75 Å².